The van der Waals surface area contributed by atoms with Crippen LogP contribution in [-0.4, -0.2) is 110 Å². The zero-order valence-electron chi connectivity index (χ0n) is 12.1. The van der Waals surface area contributed by atoms with Gasteiger partial charge < -0.3 is 55.7 Å². The van der Waals surface area contributed by atoms with Crippen molar-refractivity contribution in [3.63, 3.8) is 0 Å². The van der Waals surface area contributed by atoms with Gasteiger partial charge in [0.05, 0.1) is 19.3 Å². The molecule has 0 amide bonds. The minimum atomic E-state index is -1.68. The molecule has 11 heteroatoms. The van der Waals surface area contributed by atoms with Gasteiger partial charge in [0.25, 0.3) is 0 Å². The van der Waals surface area contributed by atoms with Crippen LogP contribution in [0.15, 0.2) is 0 Å². The van der Waals surface area contributed by atoms with E-state index in [1.807, 2.05) is 0 Å². The van der Waals surface area contributed by atoms with Gasteiger partial charge in [-0.3, -0.25) is 0 Å². The van der Waals surface area contributed by atoms with E-state index in [0.29, 0.717) is 0 Å². The molecule has 0 aromatic heterocycles. The summed E-state index contributed by atoms with van der Waals surface area (Å²) < 4.78 is 15.4. The third-order valence-corrected chi connectivity index (χ3v) is 4.06. The largest absolute Gasteiger partial charge is 0.394 e. The molecule has 2 saturated heterocycles. The van der Waals surface area contributed by atoms with E-state index >= 15 is 0 Å². The monoisotopic (exact) mass is 341 g/mol. The highest BCUT2D eigenvalue weighted by molar-refractivity contribution is 4.95. The van der Waals surface area contributed by atoms with Crippen molar-refractivity contribution in [2.24, 2.45) is 5.73 Å². The van der Waals surface area contributed by atoms with E-state index in [4.69, 9.17) is 30.2 Å². The summed E-state index contributed by atoms with van der Waals surface area (Å²) in [6.07, 6.45) is -13.0. The van der Waals surface area contributed by atoms with Gasteiger partial charge in [0, 0.05) is 0 Å². The Bertz CT molecular complexity index is 385. The number of hydrogen-bond donors (Lipinski definition) is 8. The molecule has 0 saturated carbocycles. The Balaban J connectivity index is 2.11. The van der Waals surface area contributed by atoms with Gasteiger partial charge >= 0.3 is 0 Å². The average molecular weight is 341 g/mol. The Morgan fingerprint density at radius 3 is 1.91 bits per heavy atom. The van der Waals surface area contributed by atoms with E-state index in [2.05, 4.69) is 0 Å². The molecule has 2 aliphatic heterocycles. The second-order valence-corrected chi connectivity index (χ2v) is 5.61. The Hall–Kier alpha value is -0.440. The van der Waals surface area contributed by atoms with Gasteiger partial charge in [-0.25, -0.2) is 0 Å². The highest BCUT2D eigenvalue weighted by atomic mass is 16.7. The van der Waals surface area contributed by atoms with Gasteiger partial charge in [0.1, 0.15) is 42.7 Å². The summed E-state index contributed by atoms with van der Waals surface area (Å²) in [6, 6.07) is -1.22. The Kier molecular flexibility index (Phi) is 6.27. The fourth-order valence-corrected chi connectivity index (χ4v) is 2.61. The van der Waals surface area contributed by atoms with E-state index in [1.54, 1.807) is 0 Å². The van der Waals surface area contributed by atoms with E-state index in [0.717, 1.165) is 0 Å². The molecular formula is C12H23NO10. The van der Waals surface area contributed by atoms with Crippen LogP contribution in [0.1, 0.15) is 0 Å². The Morgan fingerprint density at radius 1 is 0.783 bits per heavy atom. The topological polar surface area (TPSA) is 195 Å². The molecule has 11 nitrogen and oxygen atoms in total. The molecule has 0 aliphatic carbocycles. The van der Waals surface area contributed by atoms with Crippen molar-refractivity contribution in [1.29, 1.82) is 0 Å². The molecule has 0 radical (unpaired) electrons. The van der Waals surface area contributed by atoms with Crippen LogP contribution in [-0.2, 0) is 14.2 Å². The third-order valence-electron chi connectivity index (χ3n) is 4.06. The van der Waals surface area contributed by atoms with Gasteiger partial charge in [-0.2, -0.15) is 0 Å². The highest BCUT2D eigenvalue weighted by Crippen LogP contribution is 2.27. The number of aliphatic hydroxyl groups is 7. The molecule has 2 aliphatic rings. The van der Waals surface area contributed by atoms with Gasteiger partial charge in [-0.1, -0.05) is 0 Å². The first-order valence-corrected chi connectivity index (χ1v) is 7.15. The Morgan fingerprint density at radius 2 is 1.35 bits per heavy atom. The SMILES string of the molecule is NC1C(O)OC(CO)[C@H](O)C1O[C@@H]1OC(CO)[C@H](O)C(O)C1O. The fourth-order valence-electron chi connectivity index (χ4n) is 2.61. The average Bonchev–Trinajstić information content (AvgIpc) is 2.54. The van der Waals surface area contributed by atoms with E-state index < -0.39 is 74.6 Å². The van der Waals surface area contributed by atoms with Crippen LogP contribution in [0.5, 0.6) is 0 Å². The summed E-state index contributed by atoms with van der Waals surface area (Å²) in [5.74, 6) is 0. The minimum Gasteiger partial charge on any atom is -0.394 e. The molecule has 2 rings (SSSR count). The first-order chi connectivity index (χ1) is 10.8. The predicted octanol–water partition coefficient (Wildman–Crippen LogP) is -5.43. The highest BCUT2D eigenvalue weighted by Gasteiger charge is 2.49. The van der Waals surface area contributed by atoms with Crippen molar-refractivity contribution in [3.05, 3.63) is 0 Å². The lowest BCUT2D eigenvalue weighted by Crippen LogP contribution is -2.66. The van der Waals surface area contributed by atoms with Crippen LogP contribution in [0.4, 0.5) is 0 Å². The van der Waals surface area contributed by atoms with Crippen LogP contribution >= 0.6 is 0 Å². The number of nitrogens with two attached hydrogens (primary N) is 1. The van der Waals surface area contributed by atoms with Crippen LogP contribution in [0.2, 0.25) is 0 Å². The molecule has 2 fully saturated rings. The van der Waals surface area contributed by atoms with Crippen molar-refractivity contribution in [2.45, 2.75) is 61.3 Å². The van der Waals surface area contributed by atoms with E-state index in [1.165, 1.54) is 0 Å². The number of rotatable bonds is 4. The summed E-state index contributed by atoms with van der Waals surface area (Å²) in [6.45, 7) is -1.26. The zero-order valence-corrected chi connectivity index (χ0v) is 12.1. The maximum absolute atomic E-state index is 10.1. The lowest BCUT2D eigenvalue weighted by Gasteiger charge is -2.45. The van der Waals surface area contributed by atoms with Crippen molar-refractivity contribution >= 4 is 0 Å². The number of hydrogen-bond acceptors (Lipinski definition) is 11. The number of ether oxygens (including phenoxy) is 3. The first kappa shape index (κ1) is 18.9. The second kappa shape index (κ2) is 7.63. The molecule has 23 heavy (non-hydrogen) atoms. The van der Waals surface area contributed by atoms with E-state index in [-0.39, 0.29) is 0 Å². The second-order valence-electron chi connectivity index (χ2n) is 5.61. The standard InChI is InChI=1S/C12H23NO10/c13-5-10(7(17)4(2-15)21-11(5)20)23-12-9(19)8(18)6(16)3(1-14)22-12/h3-12,14-20H,1-2,13H2/t3?,4?,5?,6-,7-,8?,9?,10?,11?,12-/m0/s1. The van der Waals surface area contributed by atoms with Gasteiger partial charge in [-0.15, -0.1) is 0 Å². The maximum Gasteiger partial charge on any atom is 0.187 e. The lowest BCUT2D eigenvalue weighted by atomic mass is 9.96. The fraction of sp³-hybridized carbons (Fsp3) is 1.00. The normalized spacial score (nSPS) is 51.7. The minimum absolute atomic E-state index is 0.612. The molecule has 0 aromatic rings. The van der Waals surface area contributed by atoms with Gasteiger partial charge in [0.15, 0.2) is 12.6 Å². The maximum atomic E-state index is 10.1. The predicted molar refractivity (Wildman–Crippen MR) is 70.6 cm³/mol. The van der Waals surface area contributed by atoms with Crippen LogP contribution < -0.4 is 5.73 Å². The van der Waals surface area contributed by atoms with Crippen molar-refractivity contribution in [3.8, 4) is 0 Å². The van der Waals surface area contributed by atoms with Gasteiger partial charge in [-0.05, 0) is 0 Å². The molecule has 136 valence electrons. The zero-order chi connectivity index (χ0) is 17.3. The van der Waals surface area contributed by atoms with Crippen LogP contribution in [0.25, 0.3) is 0 Å². The van der Waals surface area contributed by atoms with Crippen LogP contribution in [0, 0.1) is 0 Å². The van der Waals surface area contributed by atoms with Crippen molar-refractivity contribution < 1.29 is 50.0 Å². The molecule has 0 spiro atoms. The van der Waals surface area contributed by atoms with Crippen molar-refractivity contribution in [2.75, 3.05) is 13.2 Å². The summed E-state index contributed by atoms with van der Waals surface area (Å²) in [5.41, 5.74) is 5.68. The molecular weight excluding hydrogens is 318 g/mol. The third kappa shape index (κ3) is 3.65. The summed E-state index contributed by atoms with van der Waals surface area (Å²) in [5, 5.41) is 67.3. The molecule has 0 aromatic carbocycles. The molecule has 9 N–H and O–H groups in total. The summed E-state index contributed by atoms with van der Waals surface area (Å²) >= 11 is 0. The lowest BCUT2D eigenvalue weighted by molar-refractivity contribution is -0.340. The van der Waals surface area contributed by atoms with E-state index in [9.17, 15) is 25.5 Å². The quantitative estimate of drug-likeness (QED) is 0.243. The molecule has 10 atom stereocenters. The van der Waals surface area contributed by atoms with Crippen molar-refractivity contribution in [1.82, 2.24) is 0 Å². The van der Waals surface area contributed by atoms with Crippen LogP contribution in [0.3, 0.4) is 0 Å². The Labute approximate surface area is 131 Å². The van der Waals surface area contributed by atoms with Gasteiger partial charge in [0.2, 0.25) is 0 Å². The molecule has 7 unspecified atom stereocenters. The molecule has 0 bridgehead atoms. The first-order valence-electron chi connectivity index (χ1n) is 7.15. The summed E-state index contributed by atoms with van der Waals surface area (Å²) in [7, 11) is 0. The molecule has 2 heterocycles. The smallest absolute Gasteiger partial charge is 0.187 e. The summed E-state index contributed by atoms with van der Waals surface area (Å²) in [4.78, 5) is 0. The number of aliphatic hydroxyl groups excluding tert-OH is 7.